The van der Waals surface area contributed by atoms with Gasteiger partial charge in [-0.25, -0.2) is 0 Å². The van der Waals surface area contributed by atoms with Crippen molar-refractivity contribution in [3.63, 3.8) is 0 Å². The SMILES string of the molecule is Cc1ccc(Cl)cc1-c1noc(CSCc2cccnc2)n1. The van der Waals surface area contributed by atoms with Crippen LogP contribution in [0.1, 0.15) is 17.0 Å². The minimum atomic E-state index is 0.581. The Morgan fingerprint density at radius 3 is 2.95 bits per heavy atom. The zero-order valence-corrected chi connectivity index (χ0v) is 13.6. The van der Waals surface area contributed by atoms with E-state index in [0.717, 1.165) is 16.9 Å². The molecule has 3 rings (SSSR count). The average molecular weight is 332 g/mol. The van der Waals surface area contributed by atoms with Crippen molar-refractivity contribution >= 4 is 23.4 Å². The van der Waals surface area contributed by atoms with Crippen LogP contribution < -0.4 is 0 Å². The molecular weight excluding hydrogens is 318 g/mol. The van der Waals surface area contributed by atoms with Crippen molar-refractivity contribution in [2.24, 2.45) is 0 Å². The number of benzene rings is 1. The molecule has 0 unspecified atom stereocenters. The molecule has 22 heavy (non-hydrogen) atoms. The van der Waals surface area contributed by atoms with Gasteiger partial charge in [-0.3, -0.25) is 4.98 Å². The number of aryl methyl sites for hydroxylation is 1. The van der Waals surface area contributed by atoms with Crippen molar-refractivity contribution in [2.45, 2.75) is 18.4 Å². The van der Waals surface area contributed by atoms with Crippen LogP contribution in [0, 0.1) is 6.92 Å². The molecule has 0 saturated heterocycles. The molecule has 6 heteroatoms. The zero-order chi connectivity index (χ0) is 15.4. The highest BCUT2D eigenvalue weighted by molar-refractivity contribution is 7.97. The number of halogens is 1. The number of thioether (sulfide) groups is 1. The second kappa shape index (κ2) is 6.94. The molecular formula is C16H14ClN3OS. The van der Waals surface area contributed by atoms with Gasteiger partial charge < -0.3 is 4.52 Å². The van der Waals surface area contributed by atoms with Crippen LogP contribution in [0.3, 0.4) is 0 Å². The van der Waals surface area contributed by atoms with Gasteiger partial charge in [-0.2, -0.15) is 4.98 Å². The normalized spacial score (nSPS) is 10.8. The Balaban J connectivity index is 1.65. The summed E-state index contributed by atoms with van der Waals surface area (Å²) in [6.45, 7) is 2.00. The quantitative estimate of drug-likeness (QED) is 0.687. The van der Waals surface area contributed by atoms with Gasteiger partial charge in [0.25, 0.3) is 0 Å². The summed E-state index contributed by atoms with van der Waals surface area (Å²) in [4.78, 5) is 8.54. The Labute approximate surface area is 137 Å². The molecule has 0 fully saturated rings. The van der Waals surface area contributed by atoms with Crippen molar-refractivity contribution in [1.82, 2.24) is 15.1 Å². The van der Waals surface area contributed by atoms with Crippen LogP contribution in [-0.2, 0) is 11.5 Å². The molecule has 2 heterocycles. The molecule has 2 aromatic heterocycles. The fourth-order valence-corrected chi connectivity index (χ4v) is 2.97. The molecule has 112 valence electrons. The van der Waals surface area contributed by atoms with E-state index in [4.69, 9.17) is 16.1 Å². The maximum atomic E-state index is 6.03. The first-order valence-corrected chi connectivity index (χ1v) is 8.31. The van der Waals surface area contributed by atoms with Crippen LogP contribution in [0.15, 0.2) is 47.2 Å². The number of hydrogen-bond acceptors (Lipinski definition) is 5. The van der Waals surface area contributed by atoms with Crippen molar-refractivity contribution in [1.29, 1.82) is 0 Å². The summed E-state index contributed by atoms with van der Waals surface area (Å²) in [6, 6.07) is 9.64. The van der Waals surface area contributed by atoms with E-state index in [2.05, 4.69) is 21.2 Å². The Bertz CT molecular complexity index is 761. The van der Waals surface area contributed by atoms with Crippen molar-refractivity contribution in [2.75, 3.05) is 0 Å². The highest BCUT2D eigenvalue weighted by atomic mass is 35.5. The van der Waals surface area contributed by atoms with Gasteiger partial charge in [0, 0.05) is 28.7 Å². The maximum Gasteiger partial charge on any atom is 0.236 e. The van der Waals surface area contributed by atoms with Gasteiger partial charge in [-0.1, -0.05) is 28.9 Å². The molecule has 0 atom stereocenters. The van der Waals surface area contributed by atoms with Crippen molar-refractivity contribution in [3.8, 4) is 11.4 Å². The minimum absolute atomic E-state index is 0.581. The minimum Gasteiger partial charge on any atom is -0.338 e. The summed E-state index contributed by atoms with van der Waals surface area (Å²) in [7, 11) is 0. The second-order valence-corrected chi connectivity index (χ2v) is 6.25. The van der Waals surface area contributed by atoms with E-state index >= 15 is 0 Å². The van der Waals surface area contributed by atoms with Crippen LogP contribution in [0.25, 0.3) is 11.4 Å². The monoisotopic (exact) mass is 331 g/mol. The lowest BCUT2D eigenvalue weighted by Gasteiger charge is -2.00. The maximum absolute atomic E-state index is 6.03. The Morgan fingerprint density at radius 2 is 2.14 bits per heavy atom. The molecule has 3 aromatic rings. The van der Waals surface area contributed by atoms with Crippen LogP contribution in [0.5, 0.6) is 0 Å². The largest absolute Gasteiger partial charge is 0.338 e. The fourth-order valence-electron chi connectivity index (χ4n) is 2.00. The molecule has 4 nitrogen and oxygen atoms in total. The summed E-state index contributed by atoms with van der Waals surface area (Å²) in [5.74, 6) is 2.73. The molecule has 0 amide bonds. The summed E-state index contributed by atoms with van der Waals surface area (Å²) < 4.78 is 5.31. The van der Waals surface area contributed by atoms with Crippen LogP contribution >= 0.6 is 23.4 Å². The predicted octanol–water partition coefficient (Wildman–Crippen LogP) is 4.53. The molecule has 0 aliphatic carbocycles. The molecule has 0 aliphatic heterocycles. The van der Waals surface area contributed by atoms with Crippen molar-refractivity contribution < 1.29 is 4.52 Å². The molecule has 0 bridgehead atoms. The smallest absolute Gasteiger partial charge is 0.236 e. The third-order valence-corrected chi connectivity index (χ3v) is 4.35. The van der Waals surface area contributed by atoms with Crippen LogP contribution in [0.4, 0.5) is 0 Å². The van der Waals surface area contributed by atoms with Crippen molar-refractivity contribution in [3.05, 3.63) is 64.8 Å². The van der Waals surface area contributed by atoms with Gasteiger partial charge in [-0.15, -0.1) is 11.8 Å². The van der Waals surface area contributed by atoms with Gasteiger partial charge in [0.2, 0.25) is 11.7 Å². The molecule has 0 aliphatic rings. The van der Waals surface area contributed by atoms with Gasteiger partial charge in [-0.05, 0) is 36.2 Å². The lowest BCUT2D eigenvalue weighted by molar-refractivity contribution is 0.391. The third kappa shape index (κ3) is 3.67. The fraction of sp³-hybridized carbons (Fsp3) is 0.188. The first-order chi connectivity index (χ1) is 10.7. The third-order valence-electron chi connectivity index (χ3n) is 3.13. The first-order valence-electron chi connectivity index (χ1n) is 6.78. The Kier molecular flexibility index (Phi) is 4.75. The summed E-state index contributed by atoms with van der Waals surface area (Å²) in [6.07, 6.45) is 3.63. The van der Waals surface area contributed by atoms with Gasteiger partial charge >= 0.3 is 0 Å². The second-order valence-electron chi connectivity index (χ2n) is 4.83. The summed E-state index contributed by atoms with van der Waals surface area (Å²) in [5, 5.41) is 4.71. The molecule has 0 N–H and O–H groups in total. The lowest BCUT2D eigenvalue weighted by atomic mass is 10.1. The van der Waals surface area contributed by atoms with E-state index in [1.54, 1.807) is 18.0 Å². The molecule has 0 spiro atoms. The number of hydrogen-bond donors (Lipinski definition) is 0. The predicted molar refractivity (Wildman–Crippen MR) is 88.7 cm³/mol. The summed E-state index contributed by atoms with van der Waals surface area (Å²) in [5.41, 5.74) is 3.15. The highest BCUT2D eigenvalue weighted by Crippen LogP contribution is 2.25. The topological polar surface area (TPSA) is 51.8 Å². The molecule has 1 aromatic carbocycles. The Hall–Kier alpha value is -1.85. The van der Waals surface area contributed by atoms with E-state index in [1.807, 2.05) is 37.4 Å². The number of pyridine rings is 1. The number of rotatable bonds is 5. The standard InChI is InChI=1S/C16H14ClN3OS/c1-11-4-5-13(17)7-14(11)16-19-15(21-20-16)10-22-9-12-3-2-6-18-8-12/h2-8H,9-10H2,1H3. The molecule has 0 radical (unpaired) electrons. The van der Waals surface area contributed by atoms with E-state index < -0.39 is 0 Å². The van der Waals surface area contributed by atoms with Crippen LogP contribution in [0.2, 0.25) is 5.02 Å². The van der Waals surface area contributed by atoms with Gasteiger partial charge in [0.15, 0.2) is 0 Å². The van der Waals surface area contributed by atoms with Crippen LogP contribution in [-0.4, -0.2) is 15.1 Å². The van der Waals surface area contributed by atoms with E-state index in [9.17, 15) is 0 Å². The number of nitrogens with zero attached hydrogens (tertiary/aromatic N) is 3. The highest BCUT2D eigenvalue weighted by Gasteiger charge is 2.11. The Morgan fingerprint density at radius 1 is 1.23 bits per heavy atom. The lowest BCUT2D eigenvalue weighted by Crippen LogP contribution is -1.87. The van der Waals surface area contributed by atoms with E-state index in [-0.39, 0.29) is 0 Å². The van der Waals surface area contributed by atoms with Gasteiger partial charge in [0.05, 0.1) is 5.75 Å². The number of aromatic nitrogens is 3. The van der Waals surface area contributed by atoms with E-state index in [0.29, 0.717) is 22.5 Å². The van der Waals surface area contributed by atoms with Gasteiger partial charge in [0.1, 0.15) is 0 Å². The van der Waals surface area contributed by atoms with E-state index in [1.165, 1.54) is 5.56 Å². The average Bonchev–Trinajstić information content (AvgIpc) is 2.99. The first kappa shape index (κ1) is 15.1. The summed E-state index contributed by atoms with van der Waals surface area (Å²) >= 11 is 7.74. The molecule has 0 saturated carbocycles. The zero-order valence-electron chi connectivity index (χ0n) is 12.0.